The summed E-state index contributed by atoms with van der Waals surface area (Å²) < 4.78 is 46.4. The molecule has 0 bridgehead atoms. The van der Waals surface area contributed by atoms with E-state index in [4.69, 9.17) is 4.74 Å². The van der Waals surface area contributed by atoms with Crippen molar-refractivity contribution < 1.29 is 27.5 Å². The average molecular weight is 412 g/mol. The van der Waals surface area contributed by atoms with Crippen molar-refractivity contribution in [2.24, 2.45) is 5.41 Å². The normalized spacial score (nSPS) is 23.7. The van der Waals surface area contributed by atoms with Crippen LogP contribution in [-0.4, -0.2) is 48.7 Å². The Kier molecular flexibility index (Phi) is 6.82. The molecule has 1 amide bonds. The van der Waals surface area contributed by atoms with Gasteiger partial charge in [-0.05, 0) is 24.8 Å². The van der Waals surface area contributed by atoms with Gasteiger partial charge in [0.15, 0.2) is 12.0 Å². The fraction of sp³-hybridized carbons (Fsp3) is 0.619. The zero-order chi connectivity index (χ0) is 20.9. The van der Waals surface area contributed by atoms with Crippen LogP contribution in [0, 0.1) is 5.41 Å². The lowest BCUT2D eigenvalue weighted by molar-refractivity contribution is -0.231. The van der Waals surface area contributed by atoms with Crippen LogP contribution < -0.4 is 5.32 Å². The molecule has 1 saturated heterocycles. The number of ether oxygens (including phenoxy) is 1. The van der Waals surface area contributed by atoms with Crippen molar-refractivity contribution in [3.63, 3.8) is 0 Å². The van der Waals surface area contributed by atoms with E-state index < -0.39 is 36.6 Å². The number of hydrogen-bond donors (Lipinski definition) is 1. The van der Waals surface area contributed by atoms with Crippen LogP contribution in [0.4, 0.5) is 13.2 Å². The average Bonchev–Trinajstić information content (AvgIpc) is 3.13. The van der Waals surface area contributed by atoms with Crippen LogP contribution in [0.3, 0.4) is 0 Å². The minimum atomic E-state index is -4.74. The summed E-state index contributed by atoms with van der Waals surface area (Å²) in [5.41, 5.74) is -1.71. The summed E-state index contributed by atoms with van der Waals surface area (Å²) in [7, 11) is 0. The highest BCUT2D eigenvalue weighted by molar-refractivity contribution is 5.83. The van der Waals surface area contributed by atoms with Gasteiger partial charge in [-0.1, -0.05) is 49.6 Å². The van der Waals surface area contributed by atoms with Crippen molar-refractivity contribution in [3.8, 4) is 0 Å². The smallest absolute Gasteiger partial charge is 0.406 e. The third-order valence-electron chi connectivity index (χ3n) is 5.84. The first-order valence-corrected chi connectivity index (χ1v) is 10.1. The summed E-state index contributed by atoms with van der Waals surface area (Å²) >= 11 is 0. The predicted octanol–water partition coefficient (Wildman–Crippen LogP) is 3.43. The Morgan fingerprint density at radius 2 is 1.83 bits per heavy atom. The molecule has 1 atom stereocenters. The maximum atomic E-state index is 13.8. The Bertz CT molecular complexity index is 705. The number of carbonyl (C=O) groups excluding carboxylic acids is 2. The van der Waals surface area contributed by atoms with Gasteiger partial charge in [0.05, 0.1) is 0 Å². The van der Waals surface area contributed by atoms with E-state index in [0.29, 0.717) is 6.54 Å². The molecule has 1 saturated carbocycles. The molecule has 1 aliphatic heterocycles. The molecule has 1 N–H and O–H groups in total. The first kappa shape index (κ1) is 21.6. The van der Waals surface area contributed by atoms with E-state index in [-0.39, 0.29) is 19.0 Å². The van der Waals surface area contributed by atoms with Gasteiger partial charge in [-0.2, -0.15) is 13.2 Å². The zero-order valence-corrected chi connectivity index (χ0v) is 16.3. The number of halogens is 3. The molecule has 29 heavy (non-hydrogen) atoms. The third-order valence-corrected chi connectivity index (χ3v) is 5.84. The summed E-state index contributed by atoms with van der Waals surface area (Å²) in [5.74, 6) is -1.90. The Labute approximate surface area is 168 Å². The van der Waals surface area contributed by atoms with Gasteiger partial charge in [0.2, 0.25) is 0 Å². The van der Waals surface area contributed by atoms with Crippen LogP contribution in [0.1, 0.15) is 44.1 Å². The van der Waals surface area contributed by atoms with Crippen molar-refractivity contribution in [1.29, 1.82) is 0 Å². The molecule has 8 heteroatoms. The fourth-order valence-corrected chi connectivity index (χ4v) is 4.16. The SMILES string of the molecule is O=C(COC(=O)C1(C(F)(F)F)CCN(Cc2ccccc2)C1)NC1CCCCC1. The summed E-state index contributed by atoms with van der Waals surface area (Å²) in [4.78, 5) is 26.1. The Morgan fingerprint density at radius 1 is 1.14 bits per heavy atom. The molecule has 0 spiro atoms. The van der Waals surface area contributed by atoms with Gasteiger partial charge in [-0.15, -0.1) is 0 Å². The minimum Gasteiger partial charge on any atom is -0.455 e. The van der Waals surface area contributed by atoms with E-state index >= 15 is 0 Å². The molecule has 2 aliphatic rings. The largest absolute Gasteiger partial charge is 0.455 e. The topological polar surface area (TPSA) is 58.6 Å². The van der Waals surface area contributed by atoms with Crippen LogP contribution >= 0.6 is 0 Å². The summed E-state index contributed by atoms with van der Waals surface area (Å²) in [5, 5.41) is 2.75. The summed E-state index contributed by atoms with van der Waals surface area (Å²) in [6, 6.07) is 9.16. The second-order valence-electron chi connectivity index (χ2n) is 8.00. The van der Waals surface area contributed by atoms with Gasteiger partial charge < -0.3 is 10.1 Å². The van der Waals surface area contributed by atoms with Gasteiger partial charge in [0.25, 0.3) is 5.91 Å². The number of esters is 1. The first-order valence-electron chi connectivity index (χ1n) is 10.1. The number of nitrogens with zero attached hydrogens (tertiary/aromatic N) is 1. The van der Waals surface area contributed by atoms with Crippen molar-refractivity contribution in [2.45, 2.75) is 57.3 Å². The molecule has 1 aromatic rings. The van der Waals surface area contributed by atoms with Gasteiger partial charge in [0, 0.05) is 25.7 Å². The van der Waals surface area contributed by atoms with E-state index in [9.17, 15) is 22.8 Å². The second-order valence-corrected chi connectivity index (χ2v) is 8.00. The molecule has 1 unspecified atom stereocenters. The molecule has 0 aromatic heterocycles. The highest BCUT2D eigenvalue weighted by Crippen LogP contribution is 2.46. The number of hydrogen-bond acceptors (Lipinski definition) is 4. The number of carbonyl (C=O) groups is 2. The number of rotatable bonds is 6. The molecule has 1 heterocycles. The van der Waals surface area contributed by atoms with Crippen LogP contribution in [0.2, 0.25) is 0 Å². The number of likely N-dealkylation sites (tertiary alicyclic amines) is 1. The minimum absolute atomic E-state index is 0.0133. The van der Waals surface area contributed by atoms with Gasteiger partial charge in [0.1, 0.15) is 0 Å². The van der Waals surface area contributed by atoms with Crippen molar-refractivity contribution >= 4 is 11.9 Å². The maximum absolute atomic E-state index is 13.8. The first-order chi connectivity index (χ1) is 13.8. The Balaban J connectivity index is 1.58. The Hall–Kier alpha value is -2.09. The van der Waals surface area contributed by atoms with E-state index in [1.807, 2.05) is 30.3 Å². The fourth-order valence-electron chi connectivity index (χ4n) is 4.16. The zero-order valence-electron chi connectivity index (χ0n) is 16.3. The molecule has 3 rings (SSSR count). The van der Waals surface area contributed by atoms with Gasteiger partial charge in [-0.3, -0.25) is 14.5 Å². The Morgan fingerprint density at radius 3 is 2.48 bits per heavy atom. The molecule has 5 nitrogen and oxygen atoms in total. The molecule has 0 radical (unpaired) electrons. The number of nitrogens with one attached hydrogen (secondary N) is 1. The third kappa shape index (κ3) is 5.29. The lowest BCUT2D eigenvalue weighted by atomic mass is 9.86. The lowest BCUT2D eigenvalue weighted by Gasteiger charge is -2.29. The van der Waals surface area contributed by atoms with Gasteiger partial charge >= 0.3 is 12.1 Å². The van der Waals surface area contributed by atoms with Crippen molar-refractivity contribution in [1.82, 2.24) is 10.2 Å². The van der Waals surface area contributed by atoms with Crippen LogP contribution in [0.5, 0.6) is 0 Å². The number of benzene rings is 1. The monoisotopic (exact) mass is 412 g/mol. The van der Waals surface area contributed by atoms with Crippen molar-refractivity contribution in [2.75, 3.05) is 19.7 Å². The molecular weight excluding hydrogens is 385 g/mol. The molecule has 160 valence electrons. The number of alkyl halides is 3. The highest BCUT2D eigenvalue weighted by Gasteiger charge is 2.64. The summed E-state index contributed by atoms with van der Waals surface area (Å²) in [6.45, 7) is -0.674. The molecule has 2 fully saturated rings. The van der Waals surface area contributed by atoms with Gasteiger partial charge in [-0.25, -0.2) is 0 Å². The quantitative estimate of drug-likeness (QED) is 0.728. The van der Waals surface area contributed by atoms with Crippen molar-refractivity contribution in [3.05, 3.63) is 35.9 Å². The van der Waals surface area contributed by atoms with Crippen LogP contribution in [-0.2, 0) is 20.9 Å². The summed E-state index contributed by atoms with van der Waals surface area (Å²) in [6.07, 6.45) is -0.268. The maximum Gasteiger partial charge on any atom is 0.406 e. The molecule has 1 aliphatic carbocycles. The molecule has 1 aromatic carbocycles. The van der Waals surface area contributed by atoms with E-state index in [0.717, 1.165) is 37.7 Å². The van der Waals surface area contributed by atoms with E-state index in [1.54, 1.807) is 4.90 Å². The second kappa shape index (κ2) is 9.15. The lowest BCUT2D eigenvalue weighted by Crippen LogP contribution is -2.49. The molecular formula is C21H27F3N2O3. The highest BCUT2D eigenvalue weighted by atomic mass is 19.4. The van der Waals surface area contributed by atoms with E-state index in [1.165, 1.54) is 0 Å². The van der Waals surface area contributed by atoms with Crippen LogP contribution in [0.25, 0.3) is 0 Å². The van der Waals surface area contributed by atoms with Crippen LogP contribution in [0.15, 0.2) is 30.3 Å². The standard InChI is InChI=1S/C21H27F3N2O3/c22-21(23,24)20(11-12-26(15-20)13-16-7-3-1-4-8-16)19(28)29-14-18(27)25-17-9-5-2-6-10-17/h1,3-4,7-8,17H,2,5-6,9-15H2,(H,25,27). The van der Waals surface area contributed by atoms with E-state index in [2.05, 4.69) is 5.32 Å². The number of amides is 1. The predicted molar refractivity (Wildman–Crippen MR) is 101 cm³/mol.